The van der Waals surface area contributed by atoms with Crippen molar-refractivity contribution < 1.29 is 9.18 Å². The lowest BCUT2D eigenvalue weighted by Crippen LogP contribution is -2.33. The fourth-order valence-electron chi connectivity index (χ4n) is 2.88. The highest BCUT2D eigenvalue weighted by Crippen LogP contribution is 2.23. The number of halogens is 1. The third kappa shape index (κ3) is 4.10. The molecule has 0 aliphatic carbocycles. The molecule has 2 aromatic rings. The number of benzene rings is 1. The molecule has 1 aromatic carbocycles. The molecule has 0 spiro atoms. The molecule has 5 heteroatoms. The molecule has 2 heterocycles. The van der Waals surface area contributed by atoms with Gasteiger partial charge >= 0.3 is 0 Å². The minimum Gasteiger partial charge on any atom is -0.371 e. The first-order chi connectivity index (χ1) is 11.6. The number of nitrogens with one attached hydrogen (secondary N) is 1. The standard InChI is InChI=1S/C19H22FN3O/c1-14-7-10-23(11-8-14)17-6-9-21-18(12-17)19(24)22-13-15-2-4-16(20)5-3-15/h2-6,9,12,14H,7-8,10-11,13H2,1H3,(H,22,24). The van der Waals surface area contributed by atoms with Gasteiger partial charge in [-0.2, -0.15) is 0 Å². The zero-order valence-electron chi connectivity index (χ0n) is 13.8. The summed E-state index contributed by atoms with van der Waals surface area (Å²) >= 11 is 0. The Balaban J connectivity index is 1.62. The number of nitrogens with zero attached hydrogens (tertiary/aromatic N) is 2. The molecule has 1 aliphatic rings. The fraction of sp³-hybridized carbons (Fsp3) is 0.368. The molecule has 1 saturated heterocycles. The van der Waals surface area contributed by atoms with Crippen LogP contribution in [0.4, 0.5) is 10.1 Å². The average Bonchev–Trinajstić information content (AvgIpc) is 2.62. The van der Waals surface area contributed by atoms with Crippen molar-refractivity contribution in [1.29, 1.82) is 0 Å². The molecule has 1 fully saturated rings. The maximum absolute atomic E-state index is 12.9. The number of hydrogen-bond acceptors (Lipinski definition) is 3. The summed E-state index contributed by atoms with van der Waals surface area (Å²) in [6, 6.07) is 9.89. The van der Waals surface area contributed by atoms with Gasteiger partial charge in [-0.1, -0.05) is 19.1 Å². The second-order valence-corrected chi connectivity index (χ2v) is 6.38. The number of amides is 1. The van der Waals surface area contributed by atoms with Crippen molar-refractivity contribution in [3.05, 3.63) is 59.7 Å². The van der Waals surface area contributed by atoms with E-state index in [4.69, 9.17) is 0 Å². The van der Waals surface area contributed by atoms with Gasteiger partial charge in [-0.15, -0.1) is 0 Å². The first kappa shape index (κ1) is 16.4. The number of piperidine rings is 1. The monoisotopic (exact) mass is 327 g/mol. The van der Waals surface area contributed by atoms with Gasteiger partial charge in [0.15, 0.2) is 0 Å². The van der Waals surface area contributed by atoms with Crippen molar-refractivity contribution in [3.8, 4) is 0 Å². The van der Waals surface area contributed by atoms with E-state index in [0.717, 1.165) is 30.3 Å². The van der Waals surface area contributed by atoms with Crippen LogP contribution in [0.15, 0.2) is 42.6 Å². The van der Waals surface area contributed by atoms with Gasteiger partial charge in [0.25, 0.3) is 5.91 Å². The van der Waals surface area contributed by atoms with Gasteiger partial charge in [0.05, 0.1) is 0 Å². The molecular formula is C19H22FN3O. The van der Waals surface area contributed by atoms with Crippen molar-refractivity contribution in [2.75, 3.05) is 18.0 Å². The van der Waals surface area contributed by atoms with Crippen LogP contribution in [0.2, 0.25) is 0 Å². The Labute approximate surface area is 141 Å². The quantitative estimate of drug-likeness (QED) is 0.936. The van der Waals surface area contributed by atoms with E-state index in [1.165, 1.54) is 25.0 Å². The summed E-state index contributed by atoms with van der Waals surface area (Å²) in [4.78, 5) is 18.8. The highest BCUT2D eigenvalue weighted by Gasteiger charge is 2.17. The highest BCUT2D eigenvalue weighted by atomic mass is 19.1. The van der Waals surface area contributed by atoms with E-state index in [1.54, 1.807) is 18.3 Å². The van der Waals surface area contributed by atoms with Gasteiger partial charge in [0.1, 0.15) is 11.5 Å². The molecule has 3 rings (SSSR count). The molecule has 0 saturated carbocycles. The number of aromatic nitrogens is 1. The van der Waals surface area contributed by atoms with Crippen molar-refractivity contribution in [2.45, 2.75) is 26.3 Å². The van der Waals surface area contributed by atoms with Gasteiger partial charge in [0.2, 0.25) is 0 Å². The van der Waals surface area contributed by atoms with Crippen molar-refractivity contribution >= 4 is 11.6 Å². The largest absolute Gasteiger partial charge is 0.371 e. The lowest BCUT2D eigenvalue weighted by molar-refractivity contribution is 0.0946. The summed E-state index contributed by atoms with van der Waals surface area (Å²) < 4.78 is 12.9. The molecule has 0 radical (unpaired) electrons. The van der Waals surface area contributed by atoms with Crippen LogP contribution < -0.4 is 10.2 Å². The Morgan fingerprint density at radius 1 is 1.25 bits per heavy atom. The Hall–Kier alpha value is -2.43. The molecule has 1 aliphatic heterocycles. The van der Waals surface area contributed by atoms with Crippen LogP contribution in [0.3, 0.4) is 0 Å². The van der Waals surface area contributed by atoms with Crippen molar-refractivity contribution in [2.24, 2.45) is 5.92 Å². The van der Waals surface area contributed by atoms with E-state index in [2.05, 4.69) is 22.1 Å². The number of carbonyl (C=O) groups is 1. The van der Waals surface area contributed by atoms with Crippen LogP contribution in [0.1, 0.15) is 35.8 Å². The Morgan fingerprint density at radius 2 is 1.96 bits per heavy atom. The van der Waals surface area contributed by atoms with Crippen LogP contribution in [0, 0.1) is 11.7 Å². The smallest absolute Gasteiger partial charge is 0.270 e. The second-order valence-electron chi connectivity index (χ2n) is 6.38. The summed E-state index contributed by atoms with van der Waals surface area (Å²) in [5.74, 6) is 0.267. The highest BCUT2D eigenvalue weighted by molar-refractivity contribution is 5.93. The van der Waals surface area contributed by atoms with Gasteiger partial charge in [-0.25, -0.2) is 4.39 Å². The Kier molecular flexibility index (Phi) is 5.08. The topological polar surface area (TPSA) is 45.2 Å². The molecule has 1 aromatic heterocycles. The summed E-state index contributed by atoms with van der Waals surface area (Å²) in [5, 5.41) is 2.83. The SMILES string of the molecule is CC1CCN(c2ccnc(C(=O)NCc3ccc(F)cc3)c2)CC1. The lowest BCUT2D eigenvalue weighted by atomic mass is 9.99. The minimum atomic E-state index is -0.282. The van der Waals surface area contributed by atoms with E-state index in [-0.39, 0.29) is 11.7 Å². The molecule has 1 N–H and O–H groups in total. The van der Waals surface area contributed by atoms with Gasteiger partial charge in [0, 0.05) is 31.5 Å². The molecule has 126 valence electrons. The fourth-order valence-corrected chi connectivity index (χ4v) is 2.88. The number of anilines is 1. The van der Waals surface area contributed by atoms with Gasteiger partial charge in [-0.3, -0.25) is 9.78 Å². The predicted molar refractivity (Wildman–Crippen MR) is 92.4 cm³/mol. The van der Waals surface area contributed by atoms with Crippen LogP contribution in [-0.2, 0) is 6.54 Å². The molecule has 1 amide bonds. The third-order valence-corrected chi connectivity index (χ3v) is 4.49. The summed E-state index contributed by atoms with van der Waals surface area (Å²) in [5.41, 5.74) is 2.31. The zero-order valence-corrected chi connectivity index (χ0v) is 13.8. The number of pyridine rings is 1. The molecule has 4 nitrogen and oxygen atoms in total. The van der Waals surface area contributed by atoms with Crippen LogP contribution in [0.5, 0.6) is 0 Å². The Morgan fingerprint density at radius 3 is 2.67 bits per heavy atom. The third-order valence-electron chi connectivity index (χ3n) is 4.49. The minimum absolute atomic E-state index is 0.216. The average molecular weight is 327 g/mol. The lowest BCUT2D eigenvalue weighted by Gasteiger charge is -2.32. The first-order valence-corrected chi connectivity index (χ1v) is 8.35. The molecule has 0 unspecified atom stereocenters. The Bertz CT molecular complexity index is 694. The number of rotatable bonds is 4. The van der Waals surface area contributed by atoms with E-state index in [0.29, 0.717) is 12.2 Å². The molecule has 0 bridgehead atoms. The predicted octanol–water partition coefficient (Wildman–Crippen LogP) is 3.39. The summed E-state index contributed by atoms with van der Waals surface area (Å²) in [6.45, 7) is 4.66. The number of carbonyl (C=O) groups excluding carboxylic acids is 1. The van der Waals surface area contributed by atoms with E-state index in [1.807, 2.05) is 12.1 Å². The maximum atomic E-state index is 12.9. The normalized spacial score (nSPS) is 15.3. The zero-order chi connectivity index (χ0) is 16.9. The van der Waals surface area contributed by atoms with Crippen LogP contribution >= 0.6 is 0 Å². The van der Waals surface area contributed by atoms with Crippen molar-refractivity contribution in [3.63, 3.8) is 0 Å². The number of hydrogen-bond donors (Lipinski definition) is 1. The maximum Gasteiger partial charge on any atom is 0.270 e. The van der Waals surface area contributed by atoms with Crippen molar-refractivity contribution in [1.82, 2.24) is 10.3 Å². The second kappa shape index (κ2) is 7.43. The van der Waals surface area contributed by atoms with E-state index < -0.39 is 0 Å². The molecule has 24 heavy (non-hydrogen) atoms. The van der Waals surface area contributed by atoms with Gasteiger partial charge in [-0.05, 0) is 48.6 Å². The van der Waals surface area contributed by atoms with Gasteiger partial charge < -0.3 is 10.2 Å². The summed E-state index contributed by atoms with van der Waals surface area (Å²) in [6.07, 6.45) is 4.03. The molecular weight excluding hydrogens is 305 g/mol. The van der Waals surface area contributed by atoms with E-state index >= 15 is 0 Å². The molecule has 0 atom stereocenters. The van der Waals surface area contributed by atoms with Crippen LogP contribution in [0.25, 0.3) is 0 Å². The summed E-state index contributed by atoms with van der Waals surface area (Å²) in [7, 11) is 0. The first-order valence-electron chi connectivity index (χ1n) is 8.35. The van der Waals surface area contributed by atoms with Crippen LogP contribution in [-0.4, -0.2) is 24.0 Å². The van der Waals surface area contributed by atoms with E-state index in [9.17, 15) is 9.18 Å².